The highest BCUT2D eigenvalue weighted by molar-refractivity contribution is 5.97. The molecule has 0 aliphatic carbocycles. The third kappa shape index (κ3) is 8.78. The van der Waals surface area contributed by atoms with E-state index in [1.165, 1.54) is 0 Å². The van der Waals surface area contributed by atoms with Gasteiger partial charge in [0.2, 0.25) is 18.3 Å². The van der Waals surface area contributed by atoms with Crippen molar-refractivity contribution >= 4 is 53.2 Å². The van der Waals surface area contributed by atoms with Crippen molar-refractivity contribution in [3.8, 4) is 0 Å². The lowest BCUT2D eigenvalue weighted by atomic mass is 9.84. The molecule has 0 bridgehead atoms. The summed E-state index contributed by atoms with van der Waals surface area (Å²) >= 11 is 0. The van der Waals surface area contributed by atoms with Crippen molar-refractivity contribution in [2.24, 2.45) is 5.92 Å². The highest BCUT2D eigenvalue weighted by Crippen LogP contribution is 2.29. The normalized spacial score (nSPS) is 19.7. The number of rotatable bonds is 12. The number of cyclic esters (lactones) is 6. The largest absolute Gasteiger partial charge is 0.509 e. The molecule has 3 N–H and O–H groups in total. The maximum atomic E-state index is 12.8. The smallest absolute Gasteiger partial charge is 0.430 e. The van der Waals surface area contributed by atoms with Crippen LogP contribution in [0.4, 0.5) is 31.4 Å². The van der Waals surface area contributed by atoms with Gasteiger partial charge >= 0.3 is 18.5 Å². The first kappa shape index (κ1) is 35.7. The minimum absolute atomic E-state index is 0.0310. The molecule has 272 valence electrons. The summed E-state index contributed by atoms with van der Waals surface area (Å²) in [5.74, 6) is -1.53. The van der Waals surface area contributed by atoms with Gasteiger partial charge in [-0.3, -0.25) is 14.4 Å². The molecule has 0 saturated carbocycles. The van der Waals surface area contributed by atoms with E-state index < -0.39 is 54.5 Å². The maximum Gasteiger partial charge on any atom is 0.509 e. The summed E-state index contributed by atoms with van der Waals surface area (Å²) in [6.07, 6.45) is -4.07. The SMILES string of the molecule is Cc1ccc(NC(=O)C2COC(=O)O2)cc1CC(Cc1cc(NC(=O)C2COC(=O)O2)ccc1C)Cc1cc(NC(=O)C2COC(=O)O2)ccc1C. The van der Waals surface area contributed by atoms with Crippen LogP contribution in [-0.2, 0) is 62.1 Å². The van der Waals surface area contributed by atoms with E-state index in [0.717, 1.165) is 33.4 Å². The van der Waals surface area contributed by atoms with E-state index in [0.29, 0.717) is 36.3 Å². The Morgan fingerprint density at radius 2 is 0.827 bits per heavy atom. The Hall–Kier alpha value is -6.12. The van der Waals surface area contributed by atoms with Crippen LogP contribution in [0.2, 0.25) is 0 Å². The standard InChI is InChI=1S/C37H37N3O12/c1-19-4-7-26(38-32(41)29-16-47-35(44)50-29)13-23(19)10-22(11-24-14-27(8-5-20(24)2)39-33(42)30-17-48-36(45)51-30)12-25-15-28(9-6-21(25)3)40-34(43)31-18-49-37(46)52-31/h4-9,13-15,22,29-31H,10-12,16-18H2,1-3H3,(H,38,41)(H,39,42)(H,40,43). The molecule has 6 rings (SSSR count). The van der Waals surface area contributed by atoms with Crippen molar-refractivity contribution in [2.75, 3.05) is 35.8 Å². The molecule has 3 unspecified atom stereocenters. The number of aryl methyl sites for hydroxylation is 3. The van der Waals surface area contributed by atoms with Gasteiger partial charge in [0.25, 0.3) is 17.7 Å². The summed E-state index contributed by atoms with van der Waals surface area (Å²) in [5.41, 5.74) is 7.49. The lowest BCUT2D eigenvalue weighted by molar-refractivity contribution is -0.123. The highest BCUT2D eigenvalue weighted by Gasteiger charge is 2.34. The molecule has 3 amide bonds. The van der Waals surface area contributed by atoms with Gasteiger partial charge in [-0.05, 0) is 116 Å². The molecule has 3 heterocycles. The Morgan fingerprint density at radius 3 is 1.08 bits per heavy atom. The number of anilines is 3. The molecule has 3 fully saturated rings. The number of carbonyl (C=O) groups is 6. The van der Waals surface area contributed by atoms with E-state index in [4.69, 9.17) is 28.4 Å². The molecule has 15 heteroatoms. The monoisotopic (exact) mass is 715 g/mol. The second kappa shape index (κ2) is 15.4. The molecule has 52 heavy (non-hydrogen) atoms. The maximum absolute atomic E-state index is 12.8. The fourth-order valence-corrected chi connectivity index (χ4v) is 6.10. The molecule has 3 aliphatic rings. The van der Waals surface area contributed by atoms with Crippen molar-refractivity contribution in [1.82, 2.24) is 0 Å². The quantitative estimate of drug-likeness (QED) is 0.173. The van der Waals surface area contributed by atoms with E-state index in [2.05, 4.69) is 16.0 Å². The summed E-state index contributed by atoms with van der Waals surface area (Å²) in [5, 5.41) is 8.43. The van der Waals surface area contributed by atoms with E-state index in [9.17, 15) is 28.8 Å². The molecule has 3 aliphatic heterocycles. The average Bonchev–Trinajstić information content (AvgIpc) is 3.87. The van der Waals surface area contributed by atoms with Crippen molar-refractivity contribution in [1.29, 1.82) is 0 Å². The third-order valence-electron chi connectivity index (χ3n) is 9.03. The van der Waals surface area contributed by atoms with Gasteiger partial charge in [-0.1, -0.05) is 18.2 Å². The molecular weight excluding hydrogens is 678 g/mol. The summed E-state index contributed by atoms with van der Waals surface area (Å²) in [6.45, 7) is 5.44. The molecule has 15 nitrogen and oxygen atoms in total. The van der Waals surface area contributed by atoms with Crippen LogP contribution in [0.15, 0.2) is 54.6 Å². The van der Waals surface area contributed by atoms with Gasteiger partial charge < -0.3 is 44.4 Å². The van der Waals surface area contributed by atoms with Crippen LogP contribution in [0.5, 0.6) is 0 Å². The fourth-order valence-electron chi connectivity index (χ4n) is 6.10. The van der Waals surface area contributed by atoms with Crippen LogP contribution in [0.3, 0.4) is 0 Å². The first-order valence-electron chi connectivity index (χ1n) is 16.6. The molecule has 3 aromatic carbocycles. The van der Waals surface area contributed by atoms with E-state index >= 15 is 0 Å². The average molecular weight is 716 g/mol. The lowest BCUT2D eigenvalue weighted by Gasteiger charge is -2.22. The highest BCUT2D eigenvalue weighted by atomic mass is 16.8. The molecule has 0 spiro atoms. The van der Waals surface area contributed by atoms with Crippen LogP contribution in [0, 0.1) is 26.7 Å². The zero-order valence-electron chi connectivity index (χ0n) is 28.6. The van der Waals surface area contributed by atoms with Crippen molar-refractivity contribution < 1.29 is 57.2 Å². The van der Waals surface area contributed by atoms with E-state index in [1.807, 2.05) is 57.2 Å². The van der Waals surface area contributed by atoms with Gasteiger partial charge in [-0.15, -0.1) is 0 Å². The molecule has 3 aromatic rings. The number of amides is 3. The Balaban J connectivity index is 1.25. The Labute approximate surface area is 298 Å². The van der Waals surface area contributed by atoms with Gasteiger partial charge in [0, 0.05) is 17.1 Å². The third-order valence-corrected chi connectivity index (χ3v) is 9.03. The van der Waals surface area contributed by atoms with Gasteiger partial charge in [-0.25, -0.2) is 14.4 Å². The number of nitrogens with one attached hydrogen (secondary N) is 3. The zero-order chi connectivity index (χ0) is 36.9. The van der Waals surface area contributed by atoms with E-state index in [1.54, 1.807) is 18.2 Å². The minimum Gasteiger partial charge on any atom is -0.430 e. The summed E-state index contributed by atoms with van der Waals surface area (Å²) < 4.78 is 29.0. The van der Waals surface area contributed by atoms with Crippen molar-refractivity contribution in [2.45, 2.75) is 58.3 Å². The van der Waals surface area contributed by atoms with Crippen LogP contribution < -0.4 is 16.0 Å². The number of benzene rings is 3. The van der Waals surface area contributed by atoms with Crippen molar-refractivity contribution in [3.05, 3.63) is 88.0 Å². The Bertz CT molecular complexity index is 1710. The summed E-state index contributed by atoms with van der Waals surface area (Å²) in [4.78, 5) is 72.4. The number of hydrogen-bond acceptors (Lipinski definition) is 12. The molecule has 3 saturated heterocycles. The van der Waals surface area contributed by atoms with Gasteiger partial charge in [0.15, 0.2) is 0 Å². The first-order chi connectivity index (χ1) is 24.9. The van der Waals surface area contributed by atoms with Gasteiger partial charge in [0.05, 0.1) is 0 Å². The number of ether oxygens (including phenoxy) is 6. The van der Waals surface area contributed by atoms with Gasteiger partial charge in [0.1, 0.15) is 19.8 Å². The van der Waals surface area contributed by atoms with Crippen LogP contribution in [0.25, 0.3) is 0 Å². The van der Waals surface area contributed by atoms with Crippen LogP contribution in [0.1, 0.15) is 33.4 Å². The fraction of sp³-hybridized carbons (Fsp3) is 0.351. The first-order valence-corrected chi connectivity index (χ1v) is 16.6. The molecule has 0 radical (unpaired) electrons. The summed E-state index contributed by atoms with van der Waals surface area (Å²) in [6, 6.07) is 16.7. The molecular formula is C37H37N3O12. The predicted molar refractivity (Wildman–Crippen MR) is 183 cm³/mol. The molecule has 3 atom stereocenters. The second-order valence-corrected chi connectivity index (χ2v) is 12.9. The second-order valence-electron chi connectivity index (χ2n) is 12.9. The summed E-state index contributed by atoms with van der Waals surface area (Å²) in [7, 11) is 0. The topological polar surface area (TPSA) is 194 Å². The van der Waals surface area contributed by atoms with Crippen LogP contribution in [-0.4, -0.2) is 74.3 Å². The Morgan fingerprint density at radius 1 is 0.538 bits per heavy atom. The van der Waals surface area contributed by atoms with E-state index in [-0.39, 0.29) is 25.7 Å². The minimum atomic E-state index is -1.04. The number of carbonyl (C=O) groups excluding carboxylic acids is 6. The number of hydrogen-bond donors (Lipinski definition) is 3. The van der Waals surface area contributed by atoms with Crippen LogP contribution >= 0.6 is 0 Å². The zero-order valence-corrected chi connectivity index (χ0v) is 28.6. The molecule has 0 aromatic heterocycles. The Kier molecular flexibility index (Phi) is 10.6. The predicted octanol–water partition coefficient (Wildman–Crippen LogP) is 4.68. The van der Waals surface area contributed by atoms with Crippen molar-refractivity contribution in [3.63, 3.8) is 0 Å². The van der Waals surface area contributed by atoms with Gasteiger partial charge in [-0.2, -0.15) is 0 Å². The lowest BCUT2D eigenvalue weighted by Crippen LogP contribution is -2.29.